The molecule has 0 aliphatic heterocycles. The van der Waals surface area contributed by atoms with Gasteiger partial charge in [0.05, 0.1) is 23.5 Å². The molecular weight excluding hydrogens is 340 g/mol. The molecule has 0 saturated heterocycles. The Kier molecular flexibility index (Phi) is 5.66. The number of hydrogen-bond donors (Lipinski definition) is 2. The SMILES string of the molecule is CCOc1ccccc1NC(=O)c1ccccc1Nc1nc(C)cc(C)n1. The summed E-state index contributed by atoms with van der Waals surface area (Å²) in [5, 5.41) is 6.06. The molecule has 0 bridgehead atoms. The molecule has 0 unspecified atom stereocenters. The van der Waals surface area contributed by atoms with Gasteiger partial charge in [0.25, 0.3) is 5.91 Å². The molecule has 6 nitrogen and oxygen atoms in total. The van der Waals surface area contributed by atoms with Gasteiger partial charge >= 0.3 is 0 Å². The number of carbonyl (C=O) groups excluding carboxylic acids is 1. The summed E-state index contributed by atoms with van der Waals surface area (Å²) in [4.78, 5) is 21.6. The second-order valence-corrected chi connectivity index (χ2v) is 6.03. The molecule has 0 fully saturated rings. The number of para-hydroxylation sites is 3. The maximum absolute atomic E-state index is 12.9. The summed E-state index contributed by atoms with van der Waals surface area (Å²) in [5.41, 5.74) is 3.47. The first-order valence-electron chi connectivity index (χ1n) is 8.78. The van der Waals surface area contributed by atoms with Gasteiger partial charge in [0, 0.05) is 11.4 Å². The smallest absolute Gasteiger partial charge is 0.257 e. The summed E-state index contributed by atoms with van der Waals surface area (Å²) in [6.45, 7) is 6.24. The fraction of sp³-hybridized carbons (Fsp3) is 0.190. The van der Waals surface area contributed by atoms with Crippen molar-refractivity contribution in [1.29, 1.82) is 0 Å². The molecule has 0 atom stereocenters. The predicted octanol–water partition coefficient (Wildman–Crippen LogP) is 4.49. The van der Waals surface area contributed by atoms with Gasteiger partial charge in [-0.15, -0.1) is 0 Å². The van der Waals surface area contributed by atoms with Gasteiger partial charge in [0.15, 0.2) is 0 Å². The van der Waals surface area contributed by atoms with E-state index in [1.165, 1.54) is 0 Å². The minimum Gasteiger partial charge on any atom is -0.492 e. The van der Waals surface area contributed by atoms with Gasteiger partial charge in [-0.05, 0) is 51.1 Å². The van der Waals surface area contributed by atoms with E-state index in [2.05, 4.69) is 20.6 Å². The van der Waals surface area contributed by atoms with Crippen molar-refractivity contribution in [1.82, 2.24) is 9.97 Å². The number of nitrogens with one attached hydrogen (secondary N) is 2. The average molecular weight is 362 g/mol. The monoisotopic (exact) mass is 362 g/mol. The maximum Gasteiger partial charge on any atom is 0.257 e. The summed E-state index contributed by atoms with van der Waals surface area (Å²) in [5.74, 6) is 0.855. The van der Waals surface area contributed by atoms with Crippen molar-refractivity contribution < 1.29 is 9.53 Å². The van der Waals surface area contributed by atoms with Crippen molar-refractivity contribution in [3.8, 4) is 5.75 Å². The third-order valence-electron chi connectivity index (χ3n) is 3.84. The summed E-state index contributed by atoms with van der Waals surface area (Å²) in [6, 6.07) is 16.5. The van der Waals surface area contributed by atoms with Crippen molar-refractivity contribution in [3.05, 3.63) is 71.5 Å². The summed E-state index contributed by atoms with van der Waals surface area (Å²) in [6.07, 6.45) is 0. The molecule has 0 radical (unpaired) electrons. The van der Waals surface area contributed by atoms with Gasteiger partial charge in [0.1, 0.15) is 5.75 Å². The maximum atomic E-state index is 12.9. The molecule has 1 aromatic heterocycles. The highest BCUT2D eigenvalue weighted by Crippen LogP contribution is 2.26. The molecule has 0 saturated carbocycles. The predicted molar refractivity (Wildman–Crippen MR) is 107 cm³/mol. The van der Waals surface area contributed by atoms with Crippen LogP contribution in [0.1, 0.15) is 28.7 Å². The standard InChI is InChI=1S/C21H22N4O2/c1-4-27-19-12-8-7-11-18(19)24-20(26)16-9-5-6-10-17(16)25-21-22-14(2)13-15(3)23-21/h5-13H,4H2,1-3H3,(H,24,26)(H,22,23,25). The molecule has 0 aliphatic carbocycles. The first-order valence-corrected chi connectivity index (χ1v) is 8.78. The lowest BCUT2D eigenvalue weighted by Gasteiger charge is -2.14. The largest absolute Gasteiger partial charge is 0.492 e. The molecule has 3 aromatic rings. The molecule has 1 amide bonds. The molecule has 138 valence electrons. The fourth-order valence-corrected chi connectivity index (χ4v) is 2.73. The summed E-state index contributed by atoms with van der Waals surface area (Å²) < 4.78 is 5.58. The lowest BCUT2D eigenvalue weighted by Crippen LogP contribution is -2.15. The highest BCUT2D eigenvalue weighted by atomic mass is 16.5. The number of aryl methyl sites for hydroxylation is 2. The number of nitrogens with zero attached hydrogens (tertiary/aromatic N) is 2. The Morgan fingerprint density at radius 3 is 2.30 bits per heavy atom. The van der Waals surface area contributed by atoms with Gasteiger partial charge in [0.2, 0.25) is 5.95 Å². The van der Waals surface area contributed by atoms with Crippen LogP contribution in [0.15, 0.2) is 54.6 Å². The van der Waals surface area contributed by atoms with Crippen LogP contribution in [0.3, 0.4) is 0 Å². The van der Waals surface area contributed by atoms with Crippen LogP contribution in [-0.2, 0) is 0 Å². The van der Waals surface area contributed by atoms with Crippen LogP contribution in [-0.4, -0.2) is 22.5 Å². The van der Waals surface area contributed by atoms with E-state index in [1.807, 2.05) is 69.3 Å². The Bertz CT molecular complexity index is 936. The second kappa shape index (κ2) is 8.31. The number of anilines is 3. The zero-order chi connectivity index (χ0) is 19.2. The molecule has 27 heavy (non-hydrogen) atoms. The van der Waals surface area contributed by atoms with E-state index in [0.29, 0.717) is 35.2 Å². The lowest BCUT2D eigenvalue weighted by molar-refractivity contribution is 0.102. The third kappa shape index (κ3) is 4.61. The third-order valence-corrected chi connectivity index (χ3v) is 3.84. The summed E-state index contributed by atoms with van der Waals surface area (Å²) in [7, 11) is 0. The van der Waals surface area contributed by atoms with E-state index in [1.54, 1.807) is 6.07 Å². The van der Waals surface area contributed by atoms with E-state index in [9.17, 15) is 4.79 Å². The number of amides is 1. The van der Waals surface area contributed by atoms with Crippen molar-refractivity contribution in [2.75, 3.05) is 17.2 Å². The Morgan fingerprint density at radius 2 is 1.59 bits per heavy atom. The normalized spacial score (nSPS) is 10.3. The Hall–Kier alpha value is -3.41. The number of carbonyl (C=O) groups is 1. The van der Waals surface area contributed by atoms with E-state index in [4.69, 9.17) is 4.74 Å². The van der Waals surface area contributed by atoms with E-state index in [0.717, 1.165) is 11.4 Å². The average Bonchev–Trinajstić information content (AvgIpc) is 2.63. The van der Waals surface area contributed by atoms with E-state index >= 15 is 0 Å². The number of benzene rings is 2. The lowest BCUT2D eigenvalue weighted by atomic mass is 10.1. The Labute approximate surface area is 158 Å². The van der Waals surface area contributed by atoms with Crippen LogP contribution >= 0.6 is 0 Å². The molecule has 2 N–H and O–H groups in total. The number of aromatic nitrogens is 2. The first kappa shape index (κ1) is 18.4. The second-order valence-electron chi connectivity index (χ2n) is 6.03. The molecule has 6 heteroatoms. The number of hydrogen-bond acceptors (Lipinski definition) is 5. The van der Waals surface area contributed by atoms with Crippen molar-refractivity contribution in [2.45, 2.75) is 20.8 Å². The zero-order valence-corrected chi connectivity index (χ0v) is 15.6. The quantitative estimate of drug-likeness (QED) is 0.676. The molecule has 0 aliphatic rings. The minimum absolute atomic E-state index is 0.241. The first-order chi connectivity index (χ1) is 13.1. The fourth-order valence-electron chi connectivity index (χ4n) is 2.73. The van der Waals surface area contributed by atoms with Gasteiger partial charge in [-0.25, -0.2) is 9.97 Å². The number of ether oxygens (including phenoxy) is 1. The van der Waals surface area contributed by atoms with Crippen molar-refractivity contribution in [2.24, 2.45) is 0 Å². The van der Waals surface area contributed by atoms with Gasteiger partial charge < -0.3 is 15.4 Å². The summed E-state index contributed by atoms with van der Waals surface area (Å²) >= 11 is 0. The van der Waals surface area contributed by atoms with Crippen LogP contribution in [0.2, 0.25) is 0 Å². The van der Waals surface area contributed by atoms with E-state index in [-0.39, 0.29) is 5.91 Å². The van der Waals surface area contributed by atoms with Crippen LogP contribution in [0.25, 0.3) is 0 Å². The Balaban J connectivity index is 1.86. The van der Waals surface area contributed by atoms with Crippen molar-refractivity contribution >= 4 is 23.2 Å². The topological polar surface area (TPSA) is 76.1 Å². The van der Waals surface area contributed by atoms with Crippen LogP contribution < -0.4 is 15.4 Å². The van der Waals surface area contributed by atoms with Gasteiger partial charge in [-0.2, -0.15) is 0 Å². The number of rotatable bonds is 6. The van der Waals surface area contributed by atoms with Crippen LogP contribution in [0.5, 0.6) is 5.75 Å². The minimum atomic E-state index is -0.241. The molecule has 2 aromatic carbocycles. The molecule has 3 rings (SSSR count). The van der Waals surface area contributed by atoms with Gasteiger partial charge in [-0.3, -0.25) is 4.79 Å². The zero-order valence-electron chi connectivity index (χ0n) is 15.6. The van der Waals surface area contributed by atoms with Crippen molar-refractivity contribution in [3.63, 3.8) is 0 Å². The highest BCUT2D eigenvalue weighted by Gasteiger charge is 2.14. The molecular formula is C21H22N4O2. The van der Waals surface area contributed by atoms with E-state index < -0.39 is 0 Å². The highest BCUT2D eigenvalue weighted by molar-refractivity contribution is 6.08. The Morgan fingerprint density at radius 1 is 0.963 bits per heavy atom. The van der Waals surface area contributed by atoms with Crippen LogP contribution in [0, 0.1) is 13.8 Å². The van der Waals surface area contributed by atoms with Crippen LogP contribution in [0.4, 0.5) is 17.3 Å². The molecule has 1 heterocycles. The molecule has 0 spiro atoms. The van der Waals surface area contributed by atoms with Gasteiger partial charge in [-0.1, -0.05) is 24.3 Å².